The van der Waals surface area contributed by atoms with E-state index in [2.05, 4.69) is 0 Å². The highest BCUT2D eigenvalue weighted by molar-refractivity contribution is 7.91. The zero-order valence-electron chi connectivity index (χ0n) is 14.0. The summed E-state index contributed by atoms with van der Waals surface area (Å²) in [7, 11) is -3.09. The molecule has 2 aliphatic heterocycles. The van der Waals surface area contributed by atoms with Gasteiger partial charge in [0, 0.05) is 10.9 Å². The van der Waals surface area contributed by atoms with E-state index in [0.717, 1.165) is 4.88 Å². The fourth-order valence-corrected chi connectivity index (χ4v) is 5.74. The quantitative estimate of drug-likeness (QED) is 0.795. The summed E-state index contributed by atoms with van der Waals surface area (Å²) in [5.74, 6) is 1.05. The van der Waals surface area contributed by atoms with Gasteiger partial charge in [-0.1, -0.05) is 18.2 Å². The van der Waals surface area contributed by atoms with Crippen molar-refractivity contribution in [1.82, 2.24) is 4.90 Å². The van der Waals surface area contributed by atoms with Gasteiger partial charge in [-0.2, -0.15) is 0 Å². The van der Waals surface area contributed by atoms with E-state index >= 15 is 0 Å². The van der Waals surface area contributed by atoms with Gasteiger partial charge in [0.15, 0.2) is 21.3 Å². The second-order valence-electron chi connectivity index (χ2n) is 6.47. The Hall–Kier alpha value is -2.06. The first-order valence-electron chi connectivity index (χ1n) is 8.43. The maximum atomic E-state index is 13.2. The van der Waals surface area contributed by atoms with Gasteiger partial charge in [0.1, 0.15) is 6.61 Å². The number of benzene rings is 1. The first kappa shape index (κ1) is 17.4. The van der Waals surface area contributed by atoms with Crippen LogP contribution in [0.4, 0.5) is 0 Å². The zero-order chi connectivity index (χ0) is 18.1. The van der Waals surface area contributed by atoms with Gasteiger partial charge in [-0.3, -0.25) is 4.79 Å². The van der Waals surface area contributed by atoms with Gasteiger partial charge in [0.2, 0.25) is 6.10 Å². The van der Waals surface area contributed by atoms with Crippen molar-refractivity contribution in [3.05, 3.63) is 46.7 Å². The Labute approximate surface area is 156 Å². The molecule has 1 saturated heterocycles. The summed E-state index contributed by atoms with van der Waals surface area (Å²) in [5, 5.41) is 1.94. The Morgan fingerprint density at radius 2 is 2.00 bits per heavy atom. The number of thiophene rings is 1. The highest BCUT2D eigenvalue weighted by Gasteiger charge is 2.39. The molecule has 0 saturated carbocycles. The number of nitrogens with zero attached hydrogens (tertiary/aromatic N) is 1. The molecule has 3 heterocycles. The minimum Gasteiger partial charge on any atom is -0.485 e. The van der Waals surface area contributed by atoms with Crippen molar-refractivity contribution in [3.63, 3.8) is 0 Å². The summed E-state index contributed by atoms with van der Waals surface area (Å²) in [6.07, 6.45) is -0.308. The van der Waals surface area contributed by atoms with Gasteiger partial charge in [0.25, 0.3) is 5.91 Å². The van der Waals surface area contributed by atoms with E-state index in [-0.39, 0.29) is 30.1 Å². The third kappa shape index (κ3) is 3.57. The Morgan fingerprint density at radius 1 is 1.19 bits per heavy atom. The number of carbonyl (C=O) groups excluding carboxylic acids is 1. The van der Waals surface area contributed by atoms with Crippen molar-refractivity contribution in [2.24, 2.45) is 0 Å². The summed E-state index contributed by atoms with van der Waals surface area (Å²) >= 11 is 1.55. The van der Waals surface area contributed by atoms with E-state index < -0.39 is 15.9 Å². The topological polar surface area (TPSA) is 72.9 Å². The molecule has 0 aliphatic carbocycles. The molecule has 6 nitrogen and oxygen atoms in total. The summed E-state index contributed by atoms with van der Waals surface area (Å²) in [6, 6.07) is 10.8. The SMILES string of the molecule is O=C([C@@H]1COc2ccccc2O1)N(Cc1cccs1)[C@H]1CCS(=O)(=O)C1. The summed E-state index contributed by atoms with van der Waals surface area (Å²) < 4.78 is 35.3. The van der Waals surface area contributed by atoms with Crippen LogP contribution in [0.25, 0.3) is 0 Å². The number of para-hydroxylation sites is 2. The third-order valence-electron chi connectivity index (χ3n) is 4.62. The number of amides is 1. The monoisotopic (exact) mass is 393 g/mol. The maximum Gasteiger partial charge on any atom is 0.267 e. The lowest BCUT2D eigenvalue weighted by Crippen LogP contribution is -2.50. The molecule has 0 bridgehead atoms. The van der Waals surface area contributed by atoms with Gasteiger partial charge >= 0.3 is 0 Å². The Bertz CT molecular complexity index is 894. The molecule has 2 aliphatic rings. The summed E-state index contributed by atoms with van der Waals surface area (Å²) in [5.41, 5.74) is 0. The lowest BCUT2D eigenvalue weighted by atomic mass is 10.1. The number of fused-ring (bicyclic) bond motifs is 1. The molecule has 26 heavy (non-hydrogen) atoms. The molecular formula is C18H19NO5S2. The second-order valence-corrected chi connectivity index (χ2v) is 9.73. The fraction of sp³-hybridized carbons (Fsp3) is 0.389. The lowest BCUT2D eigenvalue weighted by Gasteiger charge is -2.33. The molecule has 1 aromatic heterocycles. The van der Waals surface area contributed by atoms with Crippen LogP contribution in [0.1, 0.15) is 11.3 Å². The smallest absolute Gasteiger partial charge is 0.267 e. The van der Waals surface area contributed by atoms with E-state index in [1.165, 1.54) is 0 Å². The molecule has 8 heteroatoms. The van der Waals surface area contributed by atoms with Crippen molar-refractivity contribution in [2.75, 3.05) is 18.1 Å². The van der Waals surface area contributed by atoms with Crippen LogP contribution in [0.2, 0.25) is 0 Å². The van der Waals surface area contributed by atoms with E-state index in [4.69, 9.17) is 9.47 Å². The summed E-state index contributed by atoms with van der Waals surface area (Å²) in [6.45, 7) is 0.508. The number of sulfone groups is 1. The molecule has 1 fully saturated rings. The van der Waals surface area contributed by atoms with Crippen molar-refractivity contribution in [3.8, 4) is 11.5 Å². The van der Waals surface area contributed by atoms with E-state index in [0.29, 0.717) is 24.5 Å². The van der Waals surface area contributed by atoms with E-state index in [1.807, 2.05) is 29.6 Å². The van der Waals surface area contributed by atoms with Crippen LogP contribution < -0.4 is 9.47 Å². The first-order valence-corrected chi connectivity index (χ1v) is 11.1. The van der Waals surface area contributed by atoms with Crippen LogP contribution in [0.3, 0.4) is 0 Å². The van der Waals surface area contributed by atoms with Gasteiger partial charge in [-0.05, 0) is 30.0 Å². The molecule has 0 spiro atoms. The van der Waals surface area contributed by atoms with Crippen molar-refractivity contribution < 1.29 is 22.7 Å². The molecule has 2 aromatic rings. The predicted molar refractivity (Wildman–Crippen MR) is 98.3 cm³/mol. The molecule has 1 amide bonds. The standard InChI is InChI=1S/C18H19NO5S2/c20-18(17-11-23-15-5-1-2-6-16(15)24-17)19(10-14-4-3-8-25-14)13-7-9-26(21,22)12-13/h1-6,8,13,17H,7,9-12H2/t13-,17-/m0/s1. The Balaban J connectivity index is 1.56. The third-order valence-corrected chi connectivity index (χ3v) is 7.23. The van der Waals surface area contributed by atoms with Crippen molar-refractivity contribution >= 4 is 27.1 Å². The van der Waals surface area contributed by atoms with Crippen LogP contribution in [0.15, 0.2) is 41.8 Å². The van der Waals surface area contributed by atoms with E-state index in [1.54, 1.807) is 28.4 Å². The average molecular weight is 393 g/mol. The predicted octanol–water partition coefficient (Wildman–Crippen LogP) is 2.10. The van der Waals surface area contributed by atoms with Gasteiger partial charge in [-0.25, -0.2) is 8.42 Å². The molecule has 1 aromatic carbocycles. The van der Waals surface area contributed by atoms with Crippen LogP contribution in [-0.2, 0) is 21.2 Å². The van der Waals surface area contributed by atoms with Gasteiger partial charge in [-0.15, -0.1) is 11.3 Å². The number of hydrogen-bond acceptors (Lipinski definition) is 6. The lowest BCUT2D eigenvalue weighted by molar-refractivity contribution is -0.143. The highest BCUT2D eigenvalue weighted by atomic mass is 32.2. The van der Waals surface area contributed by atoms with Crippen LogP contribution in [-0.4, -0.2) is 49.5 Å². The number of ether oxygens (including phenoxy) is 2. The minimum absolute atomic E-state index is 0.00821. The second kappa shape index (κ2) is 6.92. The van der Waals surface area contributed by atoms with Crippen LogP contribution in [0, 0.1) is 0 Å². The average Bonchev–Trinajstić information content (AvgIpc) is 3.27. The number of hydrogen-bond donors (Lipinski definition) is 0. The molecule has 0 unspecified atom stereocenters. The Morgan fingerprint density at radius 3 is 2.69 bits per heavy atom. The molecule has 2 atom stereocenters. The normalized spacial score (nSPS) is 23.5. The summed E-state index contributed by atoms with van der Waals surface area (Å²) in [4.78, 5) is 15.8. The van der Waals surface area contributed by atoms with Gasteiger partial charge < -0.3 is 14.4 Å². The Kier molecular flexibility index (Phi) is 4.62. The zero-order valence-corrected chi connectivity index (χ0v) is 15.7. The fourth-order valence-electron chi connectivity index (χ4n) is 3.30. The molecule has 0 radical (unpaired) electrons. The number of rotatable bonds is 4. The molecule has 138 valence electrons. The van der Waals surface area contributed by atoms with Gasteiger partial charge in [0.05, 0.1) is 18.1 Å². The largest absolute Gasteiger partial charge is 0.485 e. The molecule has 4 rings (SSSR count). The minimum atomic E-state index is -3.09. The molecule has 0 N–H and O–H groups in total. The number of carbonyl (C=O) groups is 1. The molecular weight excluding hydrogens is 374 g/mol. The maximum absolute atomic E-state index is 13.2. The highest BCUT2D eigenvalue weighted by Crippen LogP contribution is 2.32. The van der Waals surface area contributed by atoms with Crippen molar-refractivity contribution in [1.29, 1.82) is 0 Å². The van der Waals surface area contributed by atoms with Crippen LogP contribution in [0.5, 0.6) is 11.5 Å². The van der Waals surface area contributed by atoms with Crippen LogP contribution >= 0.6 is 11.3 Å². The van der Waals surface area contributed by atoms with Crippen molar-refractivity contribution in [2.45, 2.75) is 25.1 Å². The van der Waals surface area contributed by atoms with E-state index in [9.17, 15) is 13.2 Å². The first-order chi connectivity index (χ1) is 12.5.